The second kappa shape index (κ2) is 15.3. The van der Waals surface area contributed by atoms with E-state index in [4.69, 9.17) is 6.85 Å². The van der Waals surface area contributed by atoms with Crippen molar-refractivity contribution in [2.45, 2.75) is 19.3 Å². The highest BCUT2D eigenvalue weighted by Crippen LogP contribution is 2.53. The molecular weight excluding hydrogens is 793 g/mol. The highest BCUT2D eigenvalue weighted by molar-refractivity contribution is 7.25. The molecule has 11 aromatic rings. The molecule has 10 aromatic carbocycles. The Kier molecular flexibility index (Phi) is 7.85. The molecule has 0 atom stereocenters. The van der Waals surface area contributed by atoms with Crippen LogP contribution in [0.5, 0.6) is 0 Å². The van der Waals surface area contributed by atoms with Gasteiger partial charge < -0.3 is 9.80 Å². The maximum Gasteiger partial charge on any atom is 0.0629 e. The largest absolute Gasteiger partial charge is 0.310 e. The molecule has 1 aromatic heterocycles. The molecule has 0 bridgehead atoms. The number of rotatable bonds is 8. The summed E-state index contributed by atoms with van der Waals surface area (Å²) in [4.78, 5) is 4.58. The minimum Gasteiger partial charge on any atom is -0.310 e. The molecule has 0 amide bonds. The Hall–Kier alpha value is -7.72. The molecule has 64 heavy (non-hydrogen) atoms. The highest BCUT2D eigenvalue weighted by atomic mass is 32.1. The number of thiophene rings is 1. The zero-order valence-electron chi connectivity index (χ0n) is 40.4. The zero-order valence-corrected chi connectivity index (χ0v) is 36.2. The van der Waals surface area contributed by atoms with E-state index in [0.29, 0.717) is 5.56 Å². The Balaban J connectivity index is 1.10. The minimum atomic E-state index is -0.408. The SMILES string of the molecule is [2H]c1c([2H])c([2H])c(-c2ccc(N(c3ccccc3)c3cc(-c4ccc5c(c4)-c4c(ccc6ccccc46)C5(C)C)cc(N(c4ccccc4)c4ccc5sc6ccccc6c5c4)c3)cc2)c([2H])c1[2H]. The number of fused-ring (bicyclic) bond motifs is 8. The molecule has 0 fully saturated rings. The van der Waals surface area contributed by atoms with Gasteiger partial charge >= 0.3 is 0 Å². The average molecular weight is 842 g/mol. The van der Waals surface area contributed by atoms with Crippen LogP contribution < -0.4 is 9.80 Å². The van der Waals surface area contributed by atoms with Crippen LogP contribution in [-0.4, -0.2) is 0 Å². The van der Waals surface area contributed by atoms with Crippen molar-refractivity contribution >= 4 is 76.4 Å². The first-order valence-corrected chi connectivity index (χ1v) is 22.5. The summed E-state index contributed by atoms with van der Waals surface area (Å²) in [7, 11) is 0. The third-order valence-electron chi connectivity index (χ3n) is 12.9. The third-order valence-corrected chi connectivity index (χ3v) is 14.0. The molecule has 0 saturated carbocycles. The highest BCUT2D eigenvalue weighted by Gasteiger charge is 2.36. The van der Waals surface area contributed by atoms with E-state index in [1.807, 2.05) is 53.8 Å². The van der Waals surface area contributed by atoms with Gasteiger partial charge in [-0.1, -0.05) is 159 Å². The van der Waals surface area contributed by atoms with Crippen LogP contribution in [0.1, 0.15) is 31.8 Å². The van der Waals surface area contributed by atoms with E-state index >= 15 is 0 Å². The van der Waals surface area contributed by atoms with E-state index in [9.17, 15) is 0 Å². The molecule has 2 nitrogen and oxygen atoms in total. The molecule has 12 rings (SSSR count). The summed E-state index contributed by atoms with van der Waals surface area (Å²) in [6.07, 6.45) is 0. The van der Waals surface area contributed by atoms with Gasteiger partial charge in [-0.2, -0.15) is 0 Å². The molecule has 0 unspecified atom stereocenters. The van der Waals surface area contributed by atoms with E-state index in [-0.39, 0.29) is 35.1 Å². The lowest BCUT2D eigenvalue weighted by Crippen LogP contribution is -2.15. The fraction of sp³-hybridized carbons (Fsp3) is 0.0492. The zero-order chi connectivity index (χ0) is 47.1. The van der Waals surface area contributed by atoms with Gasteiger partial charge in [0.1, 0.15) is 0 Å². The number of hydrogen-bond acceptors (Lipinski definition) is 3. The number of anilines is 6. The predicted molar refractivity (Wildman–Crippen MR) is 275 cm³/mol. The maximum absolute atomic E-state index is 8.73. The summed E-state index contributed by atoms with van der Waals surface area (Å²) in [5, 5.41) is 4.92. The summed E-state index contributed by atoms with van der Waals surface area (Å²) >= 11 is 1.81. The Labute approximate surface area is 385 Å². The van der Waals surface area contributed by atoms with E-state index in [2.05, 4.69) is 181 Å². The number of hydrogen-bond donors (Lipinski definition) is 0. The Morgan fingerprint density at radius 1 is 0.391 bits per heavy atom. The van der Waals surface area contributed by atoms with Gasteiger partial charge in [-0.05, 0) is 140 Å². The Bertz CT molecular complexity index is 3800. The molecule has 0 saturated heterocycles. The number of para-hydroxylation sites is 2. The van der Waals surface area contributed by atoms with Crippen molar-refractivity contribution in [3.05, 3.63) is 242 Å². The first kappa shape index (κ1) is 32.9. The predicted octanol–water partition coefficient (Wildman–Crippen LogP) is 17.8. The third kappa shape index (κ3) is 6.39. The van der Waals surface area contributed by atoms with Gasteiger partial charge in [0.25, 0.3) is 0 Å². The standard InChI is InChI=1S/C61H44N2S/c1-61(2)56-33-29-44(38-55(56)60-52-23-13-12-18-43(52)28-34-57(60)61)45-36-50(62(46-19-8-4-9-20-46)48-30-26-42(27-31-48)41-16-6-3-7-17-41)39-51(37-45)63(47-21-10-5-11-22-47)49-32-35-59-54(40-49)53-24-14-15-25-58(53)64-59/h3-40H,1-2H3/i3D,6D,7D,16D,17D. The first-order valence-electron chi connectivity index (χ1n) is 24.2. The van der Waals surface area contributed by atoms with Crippen LogP contribution in [0.4, 0.5) is 34.1 Å². The summed E-state index contributed by atoms with van der Waals surface area (Å²) in [6, 6.07) is 69.4. The monoisotopic (exact) mass is 841 g/mol. The lowest BCUT2D eigenvalue weighted by atomic mass is 9.82. The normalized spacial score (nSPS) is 13.8. The molecule has 1 aliphatic rings. The Morgan fingerprint density at radius 2 is 0.969 bits per heavy atom. The Morgan fingerprint density at radius 3 is 1.70 bits per heavy atom. The number of benzene rings is 10. The molecule has 0 radical (unpaired) electrons. The van der Waals surface area contributed by atoms with E-state index < -0.39 is 6.04 Å². The van der Waals surface area contributed by atoms with Crippen molar-refractivity contribution in [1.29, 1.82) is 0 Å². The molecular formula is C61H44N2S. The number of nitrogens with zero attached hydrogens (tertiary/aromatic N) is 2. The van der Waals surface area contributed by atoms with E-state index in [0.717, 1.165) is 45.3 Å². The molecule has 1 heterocycles. The average Bonchev–Trinajstić information content (AvgIpc) is 3.87. The summed E-state index contributed by atoms with van der Waals surface area (Å²) in [5.41, 5.74) is 13.5. The van der Waals surface area contributed by atoms with Crippen LogP contribution >= 0.6 is 11.3 Å². The smallest absolute Gasteiger partial charge is 0.0629 e. The lowest BCUT2D eigenvalue weighted by Gasteiger charge is -2.30. The molecule has 0 N–H and O–H groups in total. The minimum absolute atomic E-state index is 0.172. The van der Waals surface area contributed by atoms with Gasteiger partial charge in [-0.3, -0.25) is 0 Å². The van der Waals surface area contributed by atoms with Gasteiger partial charge in [0.05, 0.1) is 6.85 Å². The second-order valence-electron chi connectivity index (χ2n) is 17.0. The fourth-order valence-corrected chi connectivity index (χ4v) is 10.9. The van der Waals surface area contributed by atoms with E-state index in [1.165, 1.54) is 53.2 Å². The van der Waals surface area contributed by atoms with Crippen molar-refractivity contribution < 1.29 is 6.85 Å². The molecule has 0 spiro atoms. The van der Waals surface area contributed by atoms with Crippen LogP contribution in [0, 0.1) is 0 Å². The summed E-state index contributed by atoms with van der Waals surface area (Å²) < 4.78 is 44.9. The van der Waals surface area contributed by atoms with E-state index in [1.54, 1.807) is 0 Å². The van der Waals surface area contributed by atoms with Crippen LogP contribution in [-0.2, 0) is 5.41 Å². The van der Waals surface area contributed by atoms with Crippen LogP contribution in [0.15, 0.2) is 230 Å². The fourth-order valence-electron chi connectivity index (χ4n) is 9.80. The molecule has 3 heteroatoms. The van der Waals surface area contributed by atoms with Crippen LogP contribution in [0.3, 0.4) is 0 Å². The van der Waals surface area contributed by atoms with Crippen LogP contribution in [0.2, 0.25) is 0 Å². The molecule has 0 aliphatic heterocycles. The van der Waals surface area contributed by atoms with Gasteiger partial charge in [0.15, 0.2) is 0 Å². The summed E-state index contributed by atoms with van der Waals surface area (Å²) in [5.74, 6) is 0. The second-order valence-corrected chi connectivity index (χ2v) is 18.1. The van der Waals surface area contributed by atoms with Gasteiger partial charge in [0, 0.05) is 59.7 Å². The molecule has 1 aliphatic carbocycles. The quantitative estimate of drug-likeness (QED) is 0.150. The topological polar surface area (TPSA) is 6.48 Å². The van der Waals surface area contributed by atoms with Crippen molar-refractivity contribution in [3.63, 3.8) is 0 Å². The first-order chi connectivity index (χ1) is 33.5. The van der Waals surface area contributed by atoms with Gasteiger partial charge in [-0.15, -0.1) is 11.3 Å². The van der Waals surface area contributed by atoms with Crippen molar-refractivity contribution in [1.82, 2.24) is 0 Å². The lowest BCUT2D eigenvalue weighted by molar-refractivity contribution is 0.661. The van der Waals surface area contributed by atoms with Gasteiger partial charge in [0.2, 0.25) is 0 Å². The van der Waals surface area contributed by atoms with Crippen molar-refractivity contribution in [2.75, 3.05) is 9.80 Å². The maximum atomic E-state index is 8.73. The van der Waals surface area contributed by atoms with Crippen LogP contribution in [0.25, 0.3) is 64.3 Å². The summed E-state index contributed by atoms with van der Waals surface area (Å²) in [6.45, 7) is 4.66. The van der Waals surface area contributed by atoms with Gasteiger partial charge in [-0.25, -0.2) is 0 Å². The van der Waals surface area contributed by atoms with Crippen molar-refractivity contribution in [3.8, 4) is 33.4 Å². The van der Waals surface area contributed by atoms with Crippen molar-refractivity contribution in [2.24, 2.45) is 0 Å². The molecule has 304 valence electrons.